The first-order chi connectivity index (χ1) is 17.2. The van der Waals surface area contributed by atoms with Gasteiger partial charge >= 0.3 is 0 Å². The zero-order valence-corrected chi connectivity index (χ0v) is 20.8. The molecule has 7 nitrogen and oxygen atoms in total. The van der Waals surface area contributed by atoms with Crippen molar-refractivity contribution in [2.24, 2.45) is 5.92 Å². The average Bonchev–Trinajstić information content (AvgIpc) is 3.56. The summed E-state index contributed by atoms with van der Waals surface area (Å²) in [5.74, 6) is 1.19. The summed E-state index contributed by atoms with van der Waals surface area (Å²) in [6.45, 7) is 6.61. The molecule has 0 amide bonds. The van der Waals surface area contributed by atoms with Crippen LogP contribution in [0.3, 0.4) is 0 Å². The number of benzene rings is 2. The molecule has 1 N–H and O–H groups in total. The minimum atomic E-state index is 0.426. The van der Waals surface area contributed by atoms with Crippen molar-refractivity contribution in [3.8, 4) is 11.4 Å². The molecular weight excluding hydrogens is 454 g/mol. The van der Waals surface area contributed by atoms with Crippen LogP contribution in [0.25, 0.3) is 11.4 Å². The van der Waals surface area contributed by atoms with Crippen molar-refractivity contribution in [3.05, 3.63) is 72.6 Å². The van der Waals surface area contributed by atoms with Crippen LogP contribution >= 0.6 is 11.8 Å². The van der Waals surface area contributed by atoms with E-state index in [4.69, 9.17) is 0 Å². The zero-order chi connectivity index (χ0) is 23.8. The molecule has 2 aliphatic rings. The number of tetrazole rings is 1. The van der Waals surface area contributed by atoms with Crippen LogP contribution in [0.4, 0.5) is 11.4 Å². The highest BCUT2D eigenvalue weighted by molar-refractivity contribution is 7.99. The third-order valence-electron chi connectivity index (χ3n) is 7.33. The molecule has 0 bridgehead atoms. The minimum Gasteiger partial charge on any atom is -0.336 e. The Morgan fingerprint density at radius 3 is 2.69 bits per heavy atom. The smallest absolute Gasteiger partial charge is 0.204 e. The van der Waals surface area contributed by atoms with Gasteiger partial charge in [0.05, 0.1) is 17.1 Å². The summed E-state index contributed by atoms with van der Waals surface area (Å²) in [6, 6.07) is 22.5. The van der Waals surface area contributed by atoms with Crippen LogP contribution in [0.1, 0.15) is 32.4 Å². The van der Waals surface area contributed by atoms with Gasteiger partial charge in [-0.3, -0.25) is 9.88 Å². The van der Waals surface area contributed by atoms with E-state index < -0.39 is 0 Å². The molecule has 3 atom stereocenters. The van der Waals surface area contributed by atoms with Gasteiger partial charge in [-0.1, -0.05) is 43.8 Å². The number of nitrogens with one attached hydrogen (secondary N) is 1. The van der Waals surface area contributed by atoms with Crippen LogP contribution in [0, 0.1) is 5.92 Å². The highest BCUT2D eigenvalue weighted by Crippen LogP contribution is 2.52. The Labute approximate surface area is 210 Å². The fourth-order valence-electron chi connectivity index (χ4n) is 5.62. The van der Waals surface area contributed by atoms with E-state index in [1.165, 1.54) is 27.6 Å². The molecule has 4 aromatic rings. The number of aromatic nitrogens is 5. The number of aromatic amines is 1. The lowest BCUT2D eigenvalue weighted by Gasteiger charge is -2.39. The van der Waals surface area contributed by atoms with E-state index in [-0.39, 0.29) is 0 Å². The average molecular weight is 484 g/mol. The van der Waals surface area contributed by atoms with Crippen LogP contribution in [0.2, 0.25) is 0 Å². The van der Waals surface area contributed by atoms with E-state index >= 15 is 0 Å². The van der Waals surface area contributed by atoms with Crippen LogP contribution in [0.5, 0.6) is 0 Å². The Kier molecular flexibility index (Phi) is 6.00. The molecule has 8 heteroatoms. The van der Waals surface area contributed by atoms with Crippen molar-refractivity contribution in [2.45, 2.75) is 55.1 Å². The third kappa shape index (κ3) is 4.21. The minimum absolute atomic E-state index is 0.426. The zero-order valence-electron chi connectivity index (χ0n) is 20.0. The quantitative estimate of drug-likeness (QED) is 0.385. The summed E-state index contributed by atoms with van der Waals surface area (Å²) in [5.41, 5.74) is 4.70. The molecule has 6 rings (SSSR count). The third-order valence-corrected chi connectivity index (χ3v) is 8.44. The number of H-pyrrole nitrogens is 1. The lowest BCUT2D eigenvalue weighted by molar-refractivity contribution is 0.194. The van der Waals surface area contributed by atoms with Gasteiger partial charge in [0.1, 0.15) is 0 Å². The largest absolute Gasteiger partial charge is 0.336 e. The molecule has 0 radical (unpaired) electrons. The number of para-hydroxylation sites is 1. The van der Waals surface area contributed by atoms with Gasteiger partial charge < -0.3 is 4.90 Å². The summed E-state index contributed by atoms with van der Waals surface area (Å²) in [6.07, 6.45) is 4.21. The van der Waals surface area contributed by atoms with Crippen molar-refractivity contribution in [2.75, 3.05) is 11.4 Å². The molecule has 2 unspecified atom stereocenters. The van der Waals surface area contributed by atoms with Crippen LogP contribution in [-0.2, 0) is 6.54 Å². The van der Waals surface area contributed by atoms with Crippen molar-refractivity contribution >= 4 is 23.1 Å². The van der Waals surface area contributed by atoms with Gasteiger partial charge in [-0.05, 0) is 73.0 Å². The van der Waals surface area contributed by atoms with E-state index in [2.05, 4.69) is 104 Å². The number of fused-ring (bicyclic) bond motifs is 2. The Morgan fingerprint density at radius 1 is 1.03 bits per heavy atom. The normalized spacial score (nSPS) is 21.2. The van der Waals surface area contributed by atoms with Gasteiger partial charge in [0.15, 0.2) is 0 Å². The summed E-state index contributed by atoms with van der Waals surface area (Å²) in [4.78, 5) is 12.3. The molecule has 0 spiro atoms. The molecule has 1 saturated carbocycles. The topological polar surface area (TPSA) is 73.8 Å². The van der Waals surface area contributed by atoms with E-state index in [1.807, 2.05) is 24.0 Å². The van der Waals surface area contributed by atoms with Crippen molar-refractivity contribution in [1.29, 1.82) is 0 Å². The first-order valence-electron chi connectivity index (χ1n) is 12.3. The Morgan fingerprint density at radius 2 is 1.89 bits per heavy atom. The van der Waals surface area contributed by atoms with Crippen molar-refractivity contribution < 1.29 is 0 Å². The number of hydrogen-bond acceptors (Lipinski definition) is 7. The summed E-state index contributed by atoms with van der Waals surface area (Å²) in [7, 11) is 0. The Balaban J connectivity index is 1.33. The van der Waals surface area contributed by atoms with Gasteiger partial charge in [-0.15, -0.1) is 10.2 Å². The van der Waals surface area contributed by atoms with Gasteiger partial charge in [0.2, 0.25) is 5.82 Å². The maximum absolute atomic E-state index is 4.58. The predicted molar refractivity (Wildman–Crippen MR) is 139 cm³/mol. The number of rotatable bonds is 6. The maximum atomic E-state index is 4.58. The van der Waals surface area contributed by atoms with Crippen LogP contribution in [-0.4, -0.2) is 49.1 Å². The fraction of sp³-hybridized carbons (Fsp3) is 0.333. The number of nitrogens with zero attached hydrogens (tertiary/aromatic N) is 6. The van der Waals surface area contributed by atoms with Crippen LogP contribution in [0.15, 0.2) is 76.7 Å². The SMILES string of the molecule is CCN(Cc1ccccn1)C1CC(N2c3ccccc3Sc3cc(-c4nn[nH]n4)ccc32)[C@H](C)C1. The van der Waals surface area contributed by atoms with Gasteiger partial charge in [-0.2, -0.15) is 5.21 Å². The van der Waals surface area contributed by atoms with Crippen molar-refractivity contribution in [3.63, 3.8) is 0 Å². The lowest BCUT2D eigenvalue weighted by atomic mass is 10.0. The van der Waals surface area contributed by atoms with E-state index in [0.29, 0.717) is 23.8 Å². The van der Waals surface area contributed by atoms with Crippen LogP contribution < -0.4 is 4.90 Å². The molecule has 2 aromatic carbocycles. The number of hydrogen-bond donors (Lipinski definition) is 1. The predicted octanol–water partition coefficient (Wildman–Crippen LogP) is 5.55. The molecule has 35 heavy (non-hydrogen) atoms. The van der Waals surface area contributed by atoms with E-state index in [0.717, 1.165) is 30.8 Å². The second-order valence-electron chi connectivity index (χ2n) is 9.41. The molecule has 1 aliphatic carbocycles. The summed E-state index contributed by atoms with van der Waals surface area (Å²) < 4.78 is 0. The first kappa shape index (κ1) is 22.2. The van der Waals surface area contributed by atoms with Gasteiger partial charge in [-0.25, -0.2) is 0 Å². The fourth-order valence-corrected chi connectivity index (χ4v) is 6.73. The molecule has 3 heterocycles. The lowest BCUT2D eigenvalue weighted by Crippen LogP contribution is -2.37. The first-order valence-corrected chi connectivity index (χ1v) is 13.1. The number of anilines is 2. The molecule has 0 saturated heterocycles. The van der Waals surface area contributed by atoms with Gasteiger partial charge in [0.25, 0.3) is 0 Å². The standard InChI is InChI=1S/C27H29N7S/c1-3-33(17-20-8-6-7-13-28-20)21-14-18(2)24(16-21)34-22-9-4-5-10-25(22)35-26-15-19(11-12-23(26)34)27-29-31-32-30-27/h4-13,15,18,21,24H,3,14,16-17H2,1-2H3,(H,29,30,31,32)/t18-,21?,24?/m1/s1. The maximum Gasteiger partial charge on any atom is 0.204 e. The number of pyridine rings is 1. The Hall–Kier alpha value is -3.23. The molecular formula is C27H29N7S. The highest BCUT2D eigenvalue weighted by Gasteiger charge is 2.40. The van der Waals surface area contributed by atoms with Gasteiger partial charge in [0, 0.05) is 40.2 Å². The van der Waals surface area contributed by atoms with Crippen molar-refractivity contribution in [1.82, 2.24) is 30.5 Å². The second kappa shape index (κ2) is 9.43. The molecule has 1 fully saturated rings. The second-order valence-corrected chi connectivity index (χ2v) is 10.5. The Bertz CT molecular complexity index is 1290. The summed E-state index contributed by atoms with van der Waals surface area (Å²) in [5, 5.41) is 14.7. The molecule has 1 aliphatic heterocycles. The van der Waals surface area contributed by atoms with E-state index in [1.54, 1.807) is 0 Å². The van der Waals surface area contributed by atoms with E-state index in [9.17, 15) is 0 Å². The summed E-state index contributed by atoms with van der Waals surface area (Å²) >= 11 is 1.82. The molecule has 2 aromatic heterocycles. The monoisotopic (exact) mass is 483 g/mol. The highest BCUT2D eigenvalue weighted by atomic mass is 32.2. The molecule has 178 valence electrons.